The molecule has 0 bridgehead atoms. The van der Waals surface area contributed by atoms with Crippen molar-refractivity contribution in [2.24, 2.45) is 5.92 Å². The molecule has 2 aliphatic carbocycles. The maximum absolute atomic E-state index is 12.0. The van der Waals surface area contributed by atoms with Gasteiger partial charge in [0.15, 0.2) is 0 Å². The van der Waals surface area contributed by atoms with Crippen LogP contribution in [0.2, 0.25) is 0 Å². The molecule has 2 unspecified atom stereocenters. The Morgan fingerprint density at radius 3 is 2.30 bits per heavy atom. The number of aliphatic hydroxyl groups excluding tert-OH is 1. The van der Waals surface area contributed by atoms with Crippen LogP contribution in [-0.2, 0) is 4.79 Å². The minimum Gasteiger partial charge on any atom is -0.396 e. The van der Waals surface area contributed by atoms with Gasteiger partial charge in [-0.2, -0.15) is 0 Å². The summed E-state index contributed by atoms with van der Waals surface area (Å²) in [5.41, 5.74) is 0. The Balaban J connectivity index is 1.68. The number of carbonyl (C=O) groups excluding carboxylic acids is 1. The Labute approximate surface area is 122 Å². The Kier molecular flexibility index (Phi) is 6.80. The quantitative estimate of drug-likeness (QED) is 0.676. The van der Waals surface area contributed by atoms with Gasteiger partial charge in [-0.3, -0.25) is 4.79 Å². The van der Waals surface area contributed by atoms with Gasteiger partial charge < -0.3 is 15.7 Å². The maximum Gasteiger partial charge on any atom is 0.234 e. The van der Waals surface area contributed by atoms with Crippen molar-refractivity contribution in [3.8, 4) is 0 Å². The topological polar surface area (TPSA) is 61.4 Å². The van der Waals surface area contributed by atoms with Crippen molar-refractivity contribution < 1.29 is 9.90 Å². The van der Waals surface area contributed by atoms with Gasteiger partial charge in [0.1, 0.15) is 0 Å². The molecule has 1 amide bonds. The third-order valence-corrected chi connectivity index (χ3v) is 4.89. The minimum atomic E-state index is 0.124. The highest BCUT2D eigenvalue weighted by molar-refractivity contribution is 5.78. The van der Waals surface area contributed by atoms with Gasteiger partial charge in [0.2, 0.25) is 5.91 Å². The van der Waals surface area contributed by atoms with Crippen molar-refractivity contribution in [2.45, 2.75) is 76.3 Å². The van der Waals surface area contributed by atoms with E-state index < -0.39 is 0 Å². The van der Waals surface area contributed by atoms with E-state index in [4.69, 9.17) is 0 Å². The molecule has 0 radical (unpaired) electrons. The molecule has 0 aliphatic heterocycles. The van der Waals surface area contributed by atoms with Crippen LogP contribution in [0.15, 0.2) is 0 Å². The second-order valence-corrected chi connectivity index (χ2v) is 6.47. The van der Waals surface area contributed by atoms with E-state index >= 15 is 0 Å². The number of aliphatic hydroxyl groups is 1. The number of hydrogen-bond acceptors (Lipinski definition) is 3. The number of hydrogen-bond donors (Lipinski definition) is 3. The van der Waals surface area contributed by atoms with Crippen molar-refractivity contribution in [3.05, 3.63) is 0 Å². The highest BCUT2D eigenvalue weighted by atomic mass is 16.3. The summed E-state index contributed by atoms with van der Waals surface area (Å²) in [4.78, 5) is 12.0. The lowest BCUT2D eigenvalue weighted by atomic mass is 9.85. The SMILES string of the molecule is O=C(CNC1CCCCC1CO)NC1CCCCCC1. The van der Waals surface area contributed by atoms with E-state index in [0.717, 1.165) is 25.7 Å². The smallest absolute Gasteiger partial charge is 0.234 e. The summed E-state index contributed by atoms with van der Waals surface area (Å²) in [5, 5.41) is 15.9. The molecule has 0 aromatic heterocycles. The van der Waals surface area contributed by atoms with E-state index in [-0.39, 0.29) is 12.5 Å². The second kappa shape index (κ2) is 8.63. The average molecular weight is 282 g/mol. The summed E-state index contributed by atoms with van der Waals surface area (Å²) in [7, 11) is 0. The van der Waals surface area contributed by atoms with E-state index in [9.17, 15) is 9.90 Å². The average Bonchev–Trinajstić information content (AvgIpc) is 2.74. The molecule has 20 heavy (non-hydrogen) atoms. The number of carbonyl (C=O) groups is 1. The molecule has 4 heteroatoms. The van der Waals surface area contributed by atoms with Gasteiger partial charge in [-0.25, -0.2) is 0 Å². The van der Waals surface area contributed by atoms with Crippen LogP contribution in [0.4, 0.5) is 0 Å². The molecule has 3 N–H and O–H groups in total. The van der Waals surface area contributed by atoms with Gasteiger partial charge >= 0.3 is 0 Å². The van der Waals surface area contributed by atoms with Crippen LogP contribution in [-0.4, -0.2) is 36.2 Å². The largest absolute Gasteiger partial charge is 0.396 e. The van der Waals surface area contributed by atoms with Crippen molar-refractivity contribution in [1.82, 2.24) is 10.6 Å². The maximum atomic E-state index is 12.0. The summed E-state index contributed by atoms with van der Waals surface area (Å²) < 4.78 is 0. The van der Waals surface area contributed by atoms with E-state index in [2.05, 4.69) is 10.6 Å². The fraction of sp³-hybridized carbons (Fsp3) is 0.938. The lowest BCUT2D eigenvalue weighted by molar-refractivity contribution is -0.121. The predicted octanol–water partition coefficient (Wildman–Crippen LogP) is 1.97. The lowest BCUT2D eigenvalue weighted by Crippen LogP contribution is -2.46. The van der Waals surface area contributed by atoms with E-state index in [0.29, 0.717) is 24.5 Å². The summed E-state index contributed by atoms with van der Waals surface area (Å²) >= 11 is 0. The zero-order valence-corrected chi connectivity index (χ0v) is 12.6. The van der Waals surface area contributed by atoms with Crippen LogP contribution in [0, 0.1) is 5.92 Å². The molecular formula is C16H30N2O2. The van der Waals surface area contributed by atoms with Crippen molar-refractivity contribution in [2.75, 3.05) is 13.2 Å². The van der Waals surface area contributed by atoms with Gasteiger partial charge in [-0.05, 0) is 31.6 Å². The number of rotatable bonds is 5. The van der Waals surface area contributed by atoms with E-state index in [1.54, 1.807) is 0 Å². The van der Waals surface area contributed by atoms with Gasteiger partial charge in [0.25, 0.3) is 0 Å². The molecular weight excluding hydrogens is 252 g/mol. The lowest BCUT2D eigenvalue weighted by Gasteiger charge is -2.31. The molecule has 2 fully saturated rings. The van der Waals surface area contributed by atoms with Crippen molar-refractivity contribution in [3.63, 3.8) is 0 Å². The summed E-state index contributed by atoms with van der Waals surface area (Å²) in [6.45, 7) is 0.638. The first kappa shape index (κ1) is 15.8. The third kappa shape index (κ3) is 5.06. The van der Waals surface area contributed by atoms with Crippen LogP contribution in [0.1, 0.15) is 64.2 Å². The fourth-order valence-corrected chi connectivity index (χ4v) is 3.62. The first-order valence-electron chi connectivity index (χ1n) is 8.43. The Hall–Kier alpha value is -0.610. The Morgan fingerprint density at radius 1 is 0.950 bits per heavy atom. The molecule has 0 aromatic rings. The third-order valence-electron chi connectivity index (χ3n) is 4.89. The molecule has 116 valence electrons. The van der Waals surface area contributed by atoms with Gasteiger partial charge in [0.05, 0.1) is 6.54 Å². The van der Waals surface area contributed by atoms with E-state index in [1.165, 1.54) is 38.5 Å². The molecule has 0 saturated heterocycles. The molecule has 0 spiro atoms. The summed E-state index contributed by atoms with van der Waals surface area (Å²) in [6.07, 6.45) is 12.0. The van der Waals surface area contributed by atoms with Gasteiger partial charge in [-0.15, -0.1) is 0 Å². The second-order valence-electron chi connectivity index (χ2n) is 6.47. The summed E-state index contributed by atoms with van der Waals surface area (Å²) in [5.74, 6) is 0.452. The predicted molar refractivity (Wildman–Crippen MR) is 80.5 cm³/mol. The molecule has 0 heterocycles. The van der Waals surface area contributed by atoms with Crippen LogP contribution in [0.25, 0.3) is 0 Å². The normalized spacial score (nSPS) is 28.9. The molecule has 2 atom stereocenters. The Morgan fingerprint density at radius 2 is 1.60 bits per heavy atom. The highest BCUT2D eigenvalue weighted by Gasteiger charge is 2.24. The Bertz CT molecular complexity index is 288. The van der Waals surface area contributed by atoms with Gasteiger partial charge in [0, 0.05) is 18.7 Å². The van der Waals surface area contributed by atoms with Crippen LogP contribution < -0.4 is 10.6 Å². The fourth-order valence-electron chi connectivity index (χ4n) is 3.62. The minimum absolute atomic E-state index is 0.124. The summed E-state index contributed by atoms with van der Waals surface area (Å²) in [6, 6.07) is 0.695. The zero-order chi connectivity index (χ0) is 14.2. The monoisotopic (exact) mass is 282 g/mol. The van der Waals surface area contributed by atoms with Crippen LogP contribution in [0.3, 0.4) is 0 Å². The first-order chi connectivity index (χ1) is 9.79. The highest BCUT2D eigenvalue weighted by Crippen LogP contribution is 2.23. The first-order valence-corrected chi connectivity index (χ1v) is 8.43. The number of nitrogens with one attached hydrogen (secondary N) is 2. The van der Waals surface area contributed by atoms with Gasteiger partial charge in [-0.1, -0.05) is 38.5 Å². The molecule has 0 aromatic carbocycles. The van der Waals surface area contributed by atoms with Crippen LogP contribution >= 0.6 is 0 Å². The zero-order valence-electron chi connectivity index (χ0n) is 12.6. The molecule has 2 rings (SSSR count). The van der Waals surface area contributed by atoms with E-state index in [1.807, 2.05) is 0 Å². The van der Waals surface area contributed by atoms with Crippen molar-refractivity contribution in [1.29, 1.82) is 0 Å². The van der Waals surface area contributed by atoms with Crippen LogP contribution in [0.5, 0.6) is 0 Å². The van der Waals surface area contributed by atoms with Crippen molar-refractivity contribution >= 4 is 5.91 Å². The molecule has 2 aliphatic rings. The molecule has 4 nitrogen and oxygen atoms in total. The molecule has 2 saturated carbocycles. The standard InChI is InChI=1S/C16H30N2O2/c19-12-13-7-5-6-10-15(13)17-11-16(20)18-14-8-3-1-2-4-9-14/h13-15,17,19H,1-12H2,(H,18,20). The number of amides is 1.